The van der Waals surface area contributed by atoms with Gasteiger partial charge in [-0.3, -0.25) is 9.69 Å². The molecule has 0 bridgehead atoms. The predicted octanol–water partition coefficient (Wildman–Crippen LogP) is 9.74. The number of rotatable bonds is 19. The Morgan fingerprint density at radius 3 is 2.20 bits per heavy atom. The molecule has 4 aromatic carbocycles. The Kier molecular flexibility index (Phi) is 14.9. The first-order valence-corrected chi connectivity index (χ1v) is 26.7. The molecule has 1 atom stereocenters. The van der Waals surface area contributed by atoms with E-state index in [2.05, 4.69) is 32.1 Å². The van der Waals surface area contributed by atoms with Gasteiger partial charge in [0.15, 0.2) is 0 Å². The molecule has 2 N–H and O–H groups in total. The topological polar surface area (TPSA) is 119 Å². The van der Waals surface area contributed by atoms with Crippen molar-refractivity contribution < 1.29 is 34.8 Å². The number of piperazine rings is 1. The Morgan fingerprint density at radius 1 is 0.846 bits per heavy atom. The number of nitrogens with zero attached hydrogens (tertiary/aromatic N) is 3. The Bertz CT molecular complexity index is 2550. The van der Waals surface area contributed by atoms with E-state index in [9.17, 15) is 34.8 Å². The molecular weight excluding hydrogens is 915 g/mol. The summed E-state index contributed by atoms with van der Waals surface area (Å²) in [6.07, 6.45) is 9.55. The summed E-state index contributed by atoms with van der Waals surface area (Å²) in [4.78, 5) is 19.4. The number of alkyl halides is 3. The number of allylic oxidation sites excluding steroid dienone is 1. The van der Waals surface area contributed by atoms with Crippen LogP contribution in [0.4, 0.5) is 24.5 Å². The van der Waals surface area contributed by atoms with Crippen LogP contribution in [0.2, 0.25) is 5.02 Å². The molecule has 2 saturated carbocycles. The maximum atomic E-state index is 14.3. The monoisotopic (exact) mass is 969 g/mol. The first kappa shape index (κ1) is 47.4. The van der Waals surface area contributed by atoms with Crippen molar-refractivity contribution in [3.8, 4) is 0 Å². The van der Waals surface area contributed by atoms with Gasteiger partial charge < -0.3 is 15.1 Å². The van der Waals surface area contributed by atoms with E-state index in [0.29, 0.717) is 36.7 Å². The van der Waals surface area contributed by atoms with Crippen LogP contribution in [-0.4, -0.2) is 102 Å². The molecule has 1 heterocycles. The average Bonchev–Trinajstić information content (AvgIpc) is 4.24. The molecule has 10 nitrogen and oxygen atoms in total. The van der Waals surface area contributed by atoms with E-state index in [-0.39, 0.29) is 11.3 Å². The van der Waals surface area contributed by atoms with Crippen LogP contribution in [0.15, 0.2) is 117 Å². The number of amides is 1. The van der Waals surface area contributed by atoms with E-state index in [1.807, 2.05) is 47.2 Å². The molecule has 0 spiro atoms. The van der Waals surface area contributed by atoms with Crippen LogP contribution in [0, 0.1) is 5.92 Å². The van der Waals surface area contributed by atoms with Gasteiger partial charge in [0.1, 0.15) is 4.90 Å². The lowest BCUT2D eigenvalue weighted by molar-refractivity contribution is -0.0435. The summed E-state index contributed by atoms with van der Waals surface area (Å²) in [7, 11) is -10.9. The summed E-state index contributed by atoms with van der Waals surface area (Å²) in [6, 6.07) is 26.6. The number of sulfone groups is 1. The van der Waals surface area contributed by atoms with Gasteiger partial charge >= 0.3 is 5.51 Å². The first-order valence-electron chi connectivity index (χ1n) is 22.4. The Morgan fingerprint density at radius 2 is 1.54 bits per heavy atom. The van der Waals surface area contributed by atoms with Crippen LogP contribution in [-0.2, 0) is 19.9 Å². The molecular formula is C48H55ClF3N5O5S3. The largest absolute Gasteiger partial charge is 0.501 e. The summed E-state index contributed by atoms with van der Waals surface area (Å²) in [5.41, 5.74) is -1.11. The second-order valence-corrected chi connectivity index (χ2v) is 22.7. The molecule has 0 aromatic heterocycles. The van der Waals surface area contributed by atoms with Crippen LogP contribution < -0.4 is 14.9 Å². The van der Waals surface area contributed by atoms with Crippen LogP contribution in [0.25, 0.3) is 5.57 Å². The van der Waals surface area contributed by atoms with Gasteiger partial charge in [-0.25, -0.2) is 21.6 Å². The highest BCUT2D eigenvalue weighted by Gasteiger charge is 2.48. The highest BCUT2D eigenvalue weighted by atomic mass is 35.5. The Hall–Kier alpha value is -4.06. The van der Waals surface area contributed by atoms with Gasteiger partial charge in [-0.2, -0.15) is 13.2 Å². The SMILES string of the molecule is O=C(NS(=O)(=O)c1ccc(N[C@H](CCN(CC2CC2)C2CC2)CSc2ccccc2)c(S(=O)(=O)C(F)(F)F)c1)c1ccc(N2CCN(CC3=C(c4ccc(Cl)cc4)CCCC3)CC2)cc1. The van der Waals surface area contributed by atoms with Crippen molar-refractivity contribution in [3.05, 3.63) is 119 Å². The van der Waals surface area contributed by atoms with Gasteiger partial charge in [-0.15, -0.1) is 11.8 Å². The standard InChI is InChI=1S/C48H55ClF3N5O5S3/c49-38-16-12-35(13-17-38)44-9-5-4-6-37(44)32-55-26-28-56(29-27-55)40-18-14-36(15-19-40)47(58)54-65(61,62)43-22-23-45(46(30-43)64(59,60)48(50,51)52)53-39(33-63-42-7-2-1-3-8-42)24-25-57(41-20-21-41)31-34-10-11-34/h1-3,7-8,12-19,22-23,30,34,39,41,53H,4-6,9-11,20-21,24-29,31-33H2,(H,54,58)/t39-/m1/s1. The van der Waals surface area contributed by atoms with Crippen molar-refractivity contribution in [1.29, 1.82) is 0 Å². The van der Waals surface area contributed by atoms with Gasteiger partial charge in [-0.05, 0) is 142 Å². The Labute approximate surface area is 389 Å². The number of carbonyl (C=O) groups is 1. The number of carbonyl (C=O) groups excluding carboxylic acids is 1. The smallest absolute Gasteiger partial charge is 0.380 e. The molecule has 0 unspecified atom stereocenters. The Balaban J connectivity index is 0.932. The van der Waals surface area contributed by atoms with E-state index in [0.717, 1.165) is 92.7 Å². The molecule has 3 fully saturated rings. The van der Waals surface area contributed by atoms with E-state index < -0.39 is 47.1 Å². The lowest BCUT2D eigenvalue weighted by Crippen LogP contribution is -2.47. The molecule has 17 heteroatoms. The van der Waals surface area contributed by atoms with Crippen molar-refractivity contribution in [2.75, 3.05) is 61.8 Å². The van der Waals surface area contributed by atoms with E-state index >= 15 is 0 Å². The lowest BCUT2D eigenvalue weighted by atomic mass is 9.87. The number of thioether (sulfide) groups is 1. The number of halogens is 4. The zero-order valence-electron chi connectivity index (χ0n) is 36.1. The third-order valence-corrected chi connectivity index (χ3v) is 17.0. The second kappa shape index (κ2) is 20.4. The zero-order valence-corrected chi connectivity index (χ0v) is 39.3. The minimum atomic E-state index is -6.04. The van der Waals surface area contributed by atoms with Crippen molar-refractivity contribution >= 4 is 66.1 Å². The molecule has 348 valence electrons. The fourth-order valence-electron chi connectivity index (χ4n) is 8.72. The van der Waals surface area contributed by atoms with Crippen molar-refractivity contribution in [3.63, 3.8) is 0 Å². The number of sulfonamides is 1. The molecule has 4 aliphatic rings. The summed E-state index contributed by atoms with van der Waals surface area (Å²) >= 11 is 7.64. The van der Waals surface area contributed by atoms with Crippen LogP contribution in [0.3, 0.4) is 0 Å². The van der Waals surface area contributed by atoms with E-state index in [1.54, 1.807) is 12.1 Å². The van der Waals surface area contributed by atoms with Crippen molar-refractivity contribution in [2.45, 2.75) is 90.1 Å². The fourth-order valence-corrected chi connectivity index (χ4v) is 11.9. The number of anilines is 2. The quantitative estimate of drug-likeness (QED) is 0.0880. The summed E-state index contributed by atoms with van der Waals surface area (Å²) in [5, 5.41) is 3.79. The van der Waals surface area contributed by atoms with Crippen molar-refractivity contribution in [1.82, 2.24) is 14.5 Å². The van der Waals surface area contributed by atoms with Gasteiger partial charge in [0.05, 0.1) is 10.6 Å². The second-order valence-electron chi connectivity index (χ2n) is 17.6. The van der Waals surface area contributed by atoms with Crippen LogP contribution in [0.1, 0.15) is 73.7 Å². The molecule has 1 saturated heterocycles. The zero-order chi connectivity index (χ0) is 45.8. The molecule has 3 aliphatic carbocycles. The number of nitrogens with one attached hydrogen (secondary N) is 2. The maximum Gasteiger partial charge on any atom is 0.501 e. The average molecular weight is 971 g/mol. The van der Waals surface area contributed by atoms with Crippen LogP contribution in [0.5, 0.6) is 0 Å². The third kappa shape index (κ3) is 12.3. The molecule has 65 heavy (non-hydrogen) atoms. The predicted molar refractivity (Wildman–Crippen MR) is 253 cm³/mol. The summed E-state index contributed by atoms with van der Waals surface area (Å²) in [6.45, 7) is 5.72. The van der Waals surface area contributed by atoms with Gasteiger partial charge in [0.2, 0.25) is 0 Å². The van der Waals surface area contributed by atoms with Gasteiger partial charge in [-0.1, -0.05) is 47.5 Å². The molecule has 1 amide bonds. The van der Waals surface area contributed by atoms with E-state index in [4.69, 9.17) is 11.6 Å². The number of hydrogen-bond acceptors (Lipinski definition) is 10. The minimum absolute atomic E-state index is 0.0111. The lowest BCUT2D eigenvalue weighted by Gasteiger charge is -2.37. The van der Waals surface area contributed by atoms with Gasteiger partial charge in [0, 0.05) is 84.8 Å². The number of benzene rings is 4. The van der Waals surface area contributed by atoms with Crippen molar-refractivity contribution in [2.24, 2.45) is 5.92 Å². The fraction of sp³-hybridized carbons (Fsp3) is 0.438. The number of hydrogen-bond donors (Lipinski definition) is 2. The van der Waals surface area contributed by atoms with E-state index in [1.165, 1.54) is 66.3 Å². The maximum absolute atomic E-state index is 14.3. The first-order chi connectivity index (χ1) is 31.1. The third-order valence-electron chi connectivity index (χ3n) is 12.7. The summed E-state index contributed by atoms with van der Waals surface area (Å²) in [5.74, 6) is 0.0508. The normalized spacial score (nSPS) is 18.2. The summed E-state index contributed by atoms with van der Waals surface area (Å²) < 4.78 is 98.2. The highest BCUT2D eigenvalue weighted by molar-refractivity contribution is 7.99. The van der Waals surface area contributed by atoms with Crippen LogP contribution >= 0.6 is 23.4 Å². The highest BCUT2D eigenvalue weighted by Crippen LogP contribution is 2.39. The molecule has 0 radical (unpaired) electrons. The molecule has 4 aromatic rings. The molecule has 1 aliphatic heterocycles. The molecule has 8 rings (SSSR count). The minimum Gasteiger partial charge on any atom is -0.380 e. The van der Waals surface area contributed by atoms with Gasteiger partial charge in [0.25, 0.3) is 25.8 Å².